The molecule has 2 aromatic rings. The molecule has 0 radical (unpaired) electrons. The van der Waals surface area contributed by atoms with Gasteiger partial charge in [0.2, 0.25) is 5.91 Å². The minimum absolute atomic E-state index is 0.0428. The molecule has 0 saturated heterocycles. The largest absolute Gasteiger partial charge is 0.494 e. The summed E-state index contributed by atoms with van der Waals surface area (Å²) in [5.74, 6) is -0.406. The predicted molar refractivity (Wildman–Crippen MR) is 101 cm³/mol. The van der Waals surface area contributed by atoms with Crippen molar-refractivity contribution in [2.45, 2.75) is 20.3 Å². The molecule has 3 amide bonds. The first-order chi connectivity index (χ1) is 13.0. The number of amides is 3. The van der Waals surface area contributed by atoms with Crippen LogP contribution in [0.1, 0.15) is 39.6 Å². The van der Waals surface area contributed by atoms with Crippen molar-refractivity contribution >= 4 is 17.7 Å². The molecule has 0 spiro atoms. The molecule has 2 rings (SSSR count). The standard InChI is InChI=1S/C20H23N3O4/c1-3-27-16-10-8-15(9-11-16)19(25)23-22-18(24)12-13-21-20(26)17-7-5-4-6-14(17)2/h4-11H,3,12-13H2,1-2H3,(H,21,26)(H,22,24)(H,23,25). The lowest BCUT2D eigenvalue weighted by molar-refractivity contribution is -0.121. The van der Waals surface area contributed by atoms with E-state index in [2.05, 4.69) is 16.2 Å². The topological polar surface area (TPSA) is 96.5 Å². The van der Waals surface area contributed by atoms with Gasteiger partial charge in [0.05, 0.1) is 6.61 Å². The highest BCUT2D eigenvalue weighted by atomic mass is 16.5. The van der Waals surface area contributed by atoms with Crippen molar-refractivity contribution in [3.8, 4) is 5.75 Å². The fourth-order valence-corrected chi connectivity index (χ4v) is 2.34. The van der Waals surface area contributed by atoms with E-state index in [0.29, 0.717) is 23.5 Å². The molecular weight excluding hydrogens is 346 g/mol. The third kappa shape index (κ3) is 6.14. The molecule has 0 bridgehead atoms. The molecule has 0 aliphatic carbocycles. The molecule has 7 nitrogen and oxygen atoms in total. The van der Waals surface area contributed by atoms with Crippen molar-refractivity contribution in [2.24, 2.45) is 0 Å². The second kappa shape index (κ2) is 9.96. The zero-order valence-corrected chi connectivity index (χ0v) is 15.4. The molecule has 7 heteroatoms. The van der Waals surface area contributed by atoms with E-state index < -0.39 is 11.8 Å². The summed E-state index contributed by atoms with van der Waals surface area (Å²) in [4.78, 5) is 35.8. The molecule has 2 aromatic carbocycles. The van der Waals surface area contributed by atoms with E-state index in [0.717, 1.165) is 5.56 Å². The summed E-state index contributed by atoms with van der Waals surface area (Å²) in [5.41, 5.74) is 6.49. The molecule has 142 valence electrons. The number of benzene rings is 2. The van der Waals surface area contributed by atoms with Crippen molar-refractivity contribution in [2.75, 3.05) is 13.2 Å². The van der Waals surface area contributed by atoms with Crippen LogP contribution in [-0.4, -0.2) is 30.9 Å². The lowest BCUT2D eigenvalue weighted by Gasteiger charge is -2.09. The third-order valence-electron chi connectivity index (χ3n) is 3.77. The highest BCUT2D eigenvalue weighted by Gasteiger charge is 2.10. The first-order valence-electron chi connectivity index (χ1n) is 8.67. The Balaban J connectivity index is 1.72. The van der Waals surface area contributed by atoms with Gasteiger partial charge in [-0.25, -0.2) is 0 Å². The van der Waals surface area contributed by atoms with Gasteiger partial charge in [-0.1, -0.05) is 18.2 Å². The summed E-state index contributed by atoms with van der Waals surface area (Å²) in [6, 6.07) is 13.8. The average Bonchev–Trinajstić information content (AvgIpc) is 2.67. The maximum absolute atomic E-state index is 12.0. The molecule has 0 aliphatic heterocycles. The number of rotatable bonds is 7. The van der Waals surface area contributed by atoms with Gasteiger partial charge in [0.25, 0.3) is 11.8 Å². The van der Waals surface area contributed by atoms with Crippen LogP contribution in [0, 0.1) is 6.92 Å². The minimum atomic E-state index is -0.435. The number of ether oxygens (including phenoxy) is 1. The maximum atomic E-state index is 12.0. The monoisotopic (exact) mass is 369 g/mol. The second-order valence-electron chi connectivity index (χ2n) is 5.78. The smallest absolute Gasteiger partial charge is 0.269 e. The van der Waals surface area contributed by atoms with E-state index >= 15 is 0 Å². The Morgan fingerprint density at radius 1 is 0.926 bits per heavy atom. The van der Waals surface area contributed by atoms with E-state index in [1.54, 1.807) is 36.4 Å². The molecule has 0 aliphatic rings. The van der Waals surface area contributed by atoms with Crippen molar-refractivity contribution in [1.82, 2.24) is 16.2 Å². The number of carbonyl (C=O) groups is 3. The number of hydrogen-bond acceptors (Lipinski definition) is 4. The highest BCUT2D eigenvalue weighted by Crippen LogP contribution is 2.11. The number of aryl methyl sites for hydroxylation is 1. The Labute approximate surface area is 158 Å². The number of hydrazine groups is 1. The molecule has 0 fully saturated rings. The van der Waals surface area contributed by atoms with Gasteiger partial charge in [0.1, 0.15) is 5.75 Å². The molecule has 0 atom stereocenters. The van der Waals surface area contributed by atoms with Crippen LogP contribution in [0.5, 0.6) is 5.75 Å². The third-order valence-corrected chi connectivity index (χ3v) is 3.77. The second-order valence-corrected chi connectivity index (χ2v) is 5.78. The fourth-order valence-electron chi connectivity index (χ4n) is 2.34. The SMILES string of the molecule is CCOc1ccc(C(=O)NNC(=O)CCNC(=O)c2ccccc2C)cc1. The Hall–Kier alpha value is -3.35. The first-order valence-corrected chi connectivity index (χ1v) is 8.67. The van der Waals surface area contributed by atoms with Gasteiger partial charge in [0.15, 0.2) is 0 Å². The van der Waals surface area contributed by atoms with E-state index in [4.69, 9.17) is 4.74 Å². The summed E-state index contributed by atoms with van der Waals surface area (Å²) in [6.45, 7) is 4.43. The maximum Gasteiger partial charge on any atom is 0.269 e. The fraction of sp³-hybridized carbons (Fsp3) is 0.250. The van der Waals surface area contributed by atoms with E-state index in [1.807, 2.05) is 26.0 Å². The molecule has 0 heterocycles. The predicted octanol–water partition coefficient (Wildman–Crippen LogP) is 1.97. The molecular formula is C20H23N3O4. The molecule has 3 N–H and O–H groups in total. The summed E-state index contributed by atoms with van der Waals surface area (Å²) < 4.78 is 5.31. The lowest BCUT2D eigenvalue weighted by atomic mass is 10.1. The van der Waals surface area contributed by atoms with Crippen LogP contribution < -0.4 is 20.9 Å². The summed E-state index contributed by atoms with van der Waals surface area (Å²) in [5, 5.41) is 2.68. The van der Waals surface area contributed by atoms with Gasteiger partial charge >= 0.3 is 0 Å². The normalized spacial score (nSPS) is 10.0. The van der Waals surface area contributed by atoms with Crippen LogP contribution in [0.4, 0.5) is 0 Å². The molecule has 0 saturated carbocycles. The average molecular weight is 369 g/mol. The summed E-state index contributed by atoms with van der Waals surface area (Å²) >= 11 is 0. The zero-order valence-electron chi connectivity index (χ0n) is 15.4. The first kappa shape index (κ1) is 20.0. The Morgan fingerprint density at radius 3 is 2.30 bits per heavy atom. The van der Waals surface area contributed by atoms with Crippen LogP contribution in [0.2, 0.25) is 0 Å². The Morgan fingerprint density at radius 2 is 1.63 bits per heavy atom. The van der Waals surface area contributed by atoms with Gasteiger partial charge in [-0.05, 0) is 49.7 Å². The van der Waals surface area contributed by atoms with Gasteiger partial charge in [-0.3, -0.25) is 25.2 Å². The number of nitrogens with one attached hydrogen (secondary N) is 3. The van der Waals surface area contributed by atoms with Crippen LogP contribution >= 0.6 is 0 Å². The highest BCUT2D eigenvalue weighted by molar-refractivity contribution is 5.96. The lowest BCUT2D eigenvalue weighted by Crippen LogP contribution is -2.42. The Bertz CT molecular complexity index is 803. The van der Waals surface area contributed by atoms with Crippen molar-refractivity contribution in [3.05, 3.63) is 65.2 Å². The van der Waals surface area contributed by atoms with Gasteiger partial charge in [-0.2, -0.15) is 0 Å². The molecule has 0 aromatic heterocycles. The van der Waals surface area contributed by atoms with Gasteiger partial charge in [-0.15, -0.1) is 0 Å². The van der Waals surface area contributed by atoms with Crippen LogP contribution in [0.25, 0.3) is 0 Å². The van der Waals surface area contributed by atoms with E-state index in [-0.39, 0.29) is 18.9 Å². The molecule has 0 unspecified atom stereocenters. The van der Waals surface area contributed by atoms with E-state index in [9.17, 15) is 14.4 Å². The van der Waals surface area contributed by atoms with Crippen molar-refractivity contribution in [3.63, 3.8) is 0 Å². The Kier molecular flexibility index (Phi) is 7.37. The number of carbonyl (C=O) groups excluding carboxylic acids is 3. The van der Waals surface area contributed by atoms with Crippen molar-refractivity contribution in [1.29, 1.82) is 0 Å². The van der Waals surface area contributed by atoms with E-state index in [1.165, 1.54) is 0 Å². The molecule has 27 heavy (non-hydrogen) atoms. The van der Waals surface area contributed by atoms with Gasteiger partial charge < -0.3 is 10.1 Å². The van der Waals surface area contributed by atoms with Crippen LogP contribution in [-0.2, 0) is 4.79 Å². The van der Waals surface area contributed by atoms with Crippen molar-refractivity contribution < 1.29 is 19.1 Å². The van der Waals surface area contributed by atoms with Crippen LogP contribution in [0.15, 0.2) is 48.5 Å². The number of hydrogen-bond donors (Lipinski definition) is 3. The van der Waals surface area contributed by atoms with Gasteiger partial charge in [0, 0.05) is 24.1 Å². The quantitative estimate of drug-likeness (QED) is 0.650. The summed E-state index contributed by atoms with van der Waals surface area (Å²) in [7, 11) is 0. The minimum Gasteiger partial charge on any atom is -0.494 e. The zero-order chi connectivity index (χ0) is 19.6. The summed E-state index contributed by atoms with van der Waals surface area (Å²) in [6.07, 6.45) is 0.0428. The van der Waals surface area contributed by atoms with Crippen LogP contribution in [0.3, 0.4) is 0 Å².